The molecule has 4 aromatic rings. The fourth-order valence-electron chi connectivity index (χ4n) is 3.42. The summed E-state index contributed by atoms with van der Waals surface area (Å²) in [6, 6.07) is 11.3. The summed E-state index contributed by atoms with van der Waals surface area (Å²) in [4.78, 5) is 30.2. The molecule has 2 aromatic heterocycles. The van der Waals surface area contributed by atoms with Crippen LogP contribution in [0.2, 0.25) is 5.02 Å². The lowest BCUT2D eigenvalue weighted by molar-refractivity contribution is -0.137. The summed E-state index contributed by atoms with van der Waals surface area (Å²) < 4.78 is 42.3. The second kappa shape index (κ2) is 7.73. The monoisotopic (exact) mass is 448 g/mol. The molecule has 2 heterocycles. The Morgan fingerprint density at radius 1 is 1.06 bits per heavy atom. The molecule has 0 atom stereocenters. The molecule has 0 aliphatic rings. The van der Waals surface area contributed by atoms with E-state index in [1.54, 1.807) is 31.2 Å². The highest BCUT2D eigenvalue weighted by Crippen LogP contribution is 2.29. The Morgan fingerprint density at radius 3 is 2.39 bits per heavy atom. The van der Waals surface area contributed by atoms with Crippen molar-refractivity contribution >= 4 is 22.8 Å². The van der Waals surface area contributed by atoms with Crippen molar-refractivity contribution < 1.29 is 13.2 Å². The molecule has 4 rings (SSSR count). The van der Waals surface area contributed by atoms with Gasteiger partial charge in [-0.2, -0.15) is 13.2 Å². The smallest absolute Gasteiger partial charge is 0.320 e. The zero-order chi connectivity index (χ0) is 22.3. The van der Waals surface area contributed by atoms with Gasteiger partial charge in [-0.05, 0) is 42.8 Å². The standard InChI is InChI=1S/C21H16ClF3N4O2/c1-2-28-19(30)17-18(29(20(28)31)16-5-3-4-15(22)10-16)26-12-27(17)11-13-6-8-14(9-7-13)21(23,24)25/h3-10,12H,2,11H2,1H3. The molecule has 0 saturated carbocycles. The fraction of sp³-hybridized carbons (Fsp3) is 0.190. The Labute approximate surface area is 178 Å². The Balaban J connectivity index is 1.88. The third kappa shape index (κ3) is 3.76. The van der Waals surface area contributed by atoms with Crippen LogP contribution in [0.4, 0.5) is 13.2 Å². The first-order chi connectivity index (χ1) is 14.7. The van der Waals surface area contributed by atoms with Gasteiger partial charge in [0.15, 0.2) is 11.2 Å². The lowest BCUT2D eigenvalue weighted by Gasteiger charge is -2.12. The van der Waals surface area contributed by atoms with E-state index in [0.29, 0.717) is 16.3 Å². The first-order valence-corrected chi connectivity index (χ1v) is 9.71. The van der Waals surface area contributed by atoms with E-state index in [9.17, 15) is 22.8 Å². The van der Waals surface area contributed by atoms with Crippen LogP contribution in [-0.4, -0.2) is 18.7 Å². The molecule has 31 heavy (non-hydrogen) atoms. The number of hydrogen-bond donors (Lipinski definition) is 0. The minimum absolute atomic E-state index is 0.112. The van der Waals surface area contributed by atoms with Gasteiger partial charge in [0.2, 0.25) is 0 Å². The first kappa shape index (κ1) is 20.9. The van der Waals surface area contributed by atoms with Crippen LogP contribution in [0.25, 0.3) is 16.9 Å². The predicted octanol–water partition coefficient (Wildman–Crippen LogP) is 4.09. The summed E-state index contributed by atoms with van der Waals surface area (Å²) in [6.07, 6.45) is -3.04. The van der Waals surface area contributed by atoms with Crippen LogP contribution in [0, 0.1) is 0 Å². The number of imidazole rings is 1. The molecule has 2 aromatic carbocycles. The van der Waals surface area contributed by atoms with Crippen molar-refractivity contribution in [1.82, 2.24) is 18.7 Å². The van der Waals surface area contributed by atoms with Crippen LogP contribution in [0.5, 0.6) is 0 Å². The number of alkyl halides is 3. The van der Waals surface area contributed by atoms with E-state index in [1.807, 2.05) is 0 Å². The minimum Gasteiger partial charge on any atom is -0.320 e. The number of nitrogens with zero attached hydrogens (tertiary/aromatic N) is 4. The minimum atomic E-state index is -4.43. The van der Waals surface area contributed by atoms with Gasteiger partial charge in [0.1, 0.15) is 0 Å². The molecule has 0 fully saturated rings. The SMILES string of the molecule is CCn1c(=O)c2c(ncn2Cc2ccc(C(F)(F)F)cc2)n(-c2cccc(Cl)c2)c1=O. The molecule has 0 radical (unpaired) electrons. The molecule has 0 amide bonds. The Morgan fingerprint density at radius 2 is 1.77 bits per heavy atom. The van der Waals surface area contributed by atoms with E-state index in [0.717, 1.165) is 16.7 Å². The molecule has 160 valence electrons. The number of aromatic nitrogens is 4. The van der Waals surface area contributed by atoms with Gasteiger partial charge in [-0.1, -0.05) is 29.8 Å². The van der Waals surface area contributed by atoms with Crippen LogP contribution >= 0.6 is 11.6 Å². The van der Waals surface area contributed by atoms with Gasteiger partial charge in [-0.15, -0.1) is 0 Å². The van der Waals surface area contributed by atoms with Crippen LogP contribution in [0.15, 0.2) is 64.4 Å². The zero-order valence-corrected chi connectivity index (χ0v) is 17.0. The van der Waals surface area contributed by atoms with Gasteiger partial charge in [-0.25, -0.2) is 14.3 Å². The maximum Gasteiger partial charge on any atom is 0.416 e. The van der Waals surface area contributed by atoms with Gasteiger partial charge < -0.3 is 4.57 Å². The zero-order valence-electron chi connectivity index (χ0n) is 16.2. The molecule has 6 nitrogen and oxygen atoms in total. The van der Waals surface area contributed by atoms with E-state index < -0.39 is 23.0 Å². The number of benzene rings is 2. The van der Waals surface area contributed by atoms with Crippen molar-refractivity contribution in [3.63, 3.8) is 0 Å². The molecule has 0 N–H and O–H groups in total. The van der Waals surface area contributed by atoms with Crippen LogP contribution in [0.1, 0.15) is 18.1 Å². The van der Waals surface area contributed by atoms with Crippen molar-refractivity contribution in [2.75, 3.05) is 0 Å². The van der Waals surface area contributed by atoms with Crippen molar-refractivity contribution in [3.05, 3.63) is 91.8 Å². The molecule has 0 bridgehead atoms. The van der Waals surface area contributed by atoms with Gasteiger partial charge >= 0.3 is 11.9 Å². The maximum absolute atomic E-state index is 13.0. The normalized spacial score (nSPS) is 11.9. The number of rotatable bonds is 4. The third-order valence-electron chi connectivity index (χ3n) is 4.92. The second-order valence-electron chi connectivity index (χ2n) is 6.89. The summed E-state index contributed by atoms with van der Waals surface area (Å²) in [6.45, 7) is 1.93. The lowest BCUT2D eigenvalue weighted by atomic mass is 10.1. The summed E-state index contributed by atoms with van der Waals surface area (Å²) in [5.74, 6) is 0. The first-order valence-electron chi connectivity index (χ1n) is 9.33. The van der Waals surface area contributed by atoms with Gasteiger partial charge in [0.25, 0.3) is 5.56 Å². The molecular weight excluding hydrogens is 433 g/mol. The van der Waals surface area contributed by atoms with Crippen molar-refractivity contribution in [2.45, 2.75) is 26.2 Å². The summed E-state index contributed by atoms with van der Waals surface area (Å²) in [7, 11) is 0. The lowest BCUT2D eigenvalue weighted by Crippen LogP contribution is -2.39. The van der Waals surface area contributed by atoms with Crippen molar-refractivity contribution in [3.8, 4) is 5.69 Å². The quantitative estimate of drug-likeness (QED) is 0.472. The van der Waals surface area contributed by atoms with Crippen LogP contribution in [0.3, 0.4) is 0 Å². The van der Waals surface area contributed by atoms with Crippen LogP contribution in [-0.2, 0) is 19.3 Å². The molecule has 0 spiro atoms. The molecule has 10 heteroatoms. The number of hydrogen-bond acceptors (Lipinski definition) is 3. The second-order valence-corrected chi connectivity index (χ2v) is 7.32. The van der Waals surface area contributed by atoms with Gasteiger partial charge in [-0.3, -0.25) is 9.36 Å². The Bertz CT molecular complexity index is 1390. The highest BCUT2D eigenvalue weighted by Gasteiger charge is 2.30. The maximum atomic E-state index is 13.0. The van der Waals surface area contributed by atoms with E-state index in [-0.39, 0.29) is 24.3 Å². The van der Waals surface area contributed by atoms with E-state index >= 15 is 0 Å². The molecule has 0 saturated heterocycles. The molecule has 0 aliphatic heterocycles. The average molecular weight is 449 g/mol. The molecule has 0 aliphatic carbocycles. The average Bonchev–Trinajstić information content (AvgIpc) is 3.11. The topological polar surface area (TPSA) is 61.8 Å². The Kier molecular flexibility index (Phi) is 5.22. The van der Waals surface area contributed by atoms with Gasteiger partial charge in [0.05, 0.1) is 17.6 Å². The van der Waals surface area contributed by atoms with Crippen molar-refractivity contribution in [1.29, 1.82) is 0 Å². The van der Waals surface area contributed by atoms with E-state index in [2.05, 4.69) is 4.98 Å². The van der Waals surface area contributed by atoms with E-state index in [1.165, 1.54) is 27.6 Å². The van der Waals surface area contributed by atoms with E-state index in [4.69, 9.17) is 11.6 Å². The summed E-state index contributed by atoms with van der Waals surface area (Å²) in [5, 5.41) is 0.413. The largest absolute Gasteiger partial charge is 0.416 e. The molecule has 0 unspecified atom stereocenters. The Hall–Kier alpha value is -3.33. The summed E-state index contributed by atoms with van der Waals surface area (Å²) in [5.41, 5.74) is -0.517. The fourth-order valence-corrected chi connectivity index (χ4v) is 3.61. The highest BCUT2D eigenvalue weighted by molar-refractivity contribution is 6.30. The third-order valence-corrected chi connectivity index (χ3v) is 5.15. The van der Waals surface area contributed by atoms with Crippen molar-refractivity contribution in [2.24, 2.45) is 0 Å². The van der Waals surface area contributed by atoms with Crippen LogP contribution < -0.4 is 11.2 Å². The predicted molar refractivity (Wildman–Crippen MR) is 111 cm³/mol. The molecular formula is C21H16ClF3N4O2. The number of halogens is 4. The van der Waals surface area contributed by atoms with Gasteiger partial charge in [0, 0.05) is 18.1 Å². The number of fused-ring (bicyclic) bond motifs is 1. The highest BCUT2D eigenvalue weighted by atomic mass is 35.5. The summed E-state index contributed by atoms with van der Waals surface area (Å²) >= 11 is 6.07.